The number of rotatable bonds is 4. The zero-order valence-corrected chi connectivity index (χ0v) is 11.2. The number of unbranched alkanes of at least 4 members (excludes halogenated alkanes) is 1. The van der Waals surface area contributed by atoms with Gasteiger partial charge in [0.2, 0.25) is 0 Å². The van der Waals surface area contributed by atoms with Crippen LogP contribution in [0.2, 0.25) is 0 Å². The van der Waals surface area contributed by atoms with Crippen molar-refractivity contribution in [2.45, 2.75) is 40.2 Å². The van der Waals surface area contributed by atoms with Crippen LogP contribution in [-0.2, 0) is 6.54 Å². The molecule has 0 saturated carbocycles. The molecule has 0 fully saturated rings. The topological polar surface area (TPSA) is 42.2 Å². The number of carboxylic acids is 1. The molecule has 1 N–H and O–H groups in total. The van der Waals surface area contributed by atoms with Gasteiger partial charge in [0.05, 0.1) is 5.56 Å². The molecule has 1 aromatic heterocycles. The van der Waals surface area contributed by atoms with Crippen molar-refractivity contribution in [3.63, 3.8) is 0 Å². The average Bonchev–Trinajstić information content (AvgIpc) is 2.66. The summed E-state index contributed by atoms with van der Waals surface area (Å²) in [6.45, 7) is 7.10. The Bertz CT molecular complexity index is 596. The SMILES string of the molecule is CCCCn1cc(C(=O)O)c2cc(C)c(C)cc21. The molecule has 96 valence electrons. The minimum atomic E-state index is -0.849. The largest absolute Gasteiger partial charge is 0.478 e. The fourth-order valence-corrected chi connectivity index (χ4v) is 2.23. The molecule has 1 heterocycles. The Morgan fingerprint density at radius 3 is 2.56 bits per heavy atom. The van der Waals surface area contributed by atoms with Crippen LogP contribution in [0.5, 0.6) is 0 Å². The first-order valence-corrected chi connectivity index (χ1v) is 6.38. The molecule has 2 aromatic rings. The number of aromatic carboxylic acids is 1. The van der Waals surface area contributed by atoms with Crippen molar-refractivity contribution >= 4 is 16.9 Å². The molecule has 0 spiro atoms. The molecule has 0 amide bonds. The van der Waals surface area contributed by atoms with Crippen LogP contribution in [0.1, 0.15) is 41.3 Å². The molecule has 0 unspecified atom stereocenters. The molecule has 2 rings (SSSR count). The molecule has 0 saturated heterocycles. The molecule has 0 atom stereocenters. The summed E-state index contributed by atoms with van der Waals surface area (Å²) in [6, 6.07) is 4.07. The van der Waals surface area contributed by atoms with Crippen LogP contribution in [0.15, 0.2) is 18.3 Å². The van der Waals surface area contributed by atoms with E-state index in [2.05, 4.69) is 24.5 Å². The van der Waals surface area contributed by atoms with Gasteiger partial charge < -0.3 is 9.67 Å². The number of carboxylic acid groups (broad SMARTS) is 1. The van der Waals surface area contributed by atoms with Gasteiger partial charge in [-0.05, 0) is 43.5 Å². The quantitative estimate of drug-likeness (QED) is 0.891. The standard InChI is InChI=1S/C15H19NO2/c1-4-5-6-16-9-13(15(17)18)12-7-10(2)11(3)8-14(12)16/h7-9H,4-6H2,1-3H3,(H,17,18). The van der Waals surface area contributed by atoms with E-state index >= 15 is 0 Å². The molecule has 3 nitrogen and oxygen atoms in total. The Morgan fingerprint density at radius 1 is 1.28 bits per heavy atom. The maximum atomic E-state index is 11.3. The van der Waals surface area contributed by atoms with Crippen LogP contribution < -0.4 is 0 Å². The fourth-order valence-electron chi connectivity index (χ4n) is 2.23. The lowest BCUT2D eigenvalue weighted by Gasteiger charge is -2.06. The third-order valence-corrected chi connectivity index (χ3v) is 3.48. The lowest BCUT2D eigenvalue weighted by atomic mass is 10.1. The van der Waals surface area contributed by atoms with Gasteiger partial charge in [-0.25, -0.2) is 4.79 Å². The van der Waals surface area contributed by atoms with Gasteiger partial charge in [0, 0.05) is 23.6 Å². The Labute approximate surface area is 107 Å². The van der Waals surface area contributed by atoms with Crippen molar-refractivity contribution in [1.29, 1.82) is 0 Å². The van der Waals surface area contributed by atoms with E-state index in [-0.39, 0.29) is 0 Å². The van der Waals surface area contributed by atoms with Crippen LogP contribution in [0.4, 0.5) is 0 Å². The van der Waals surface area contributed by atoms with Gasteiger partial charge in [-0.1, -0.05) is 13.3 Å². The van der Waals surface area contributed by atoms with Crippen LogP contribution in [-0.4, -0.2) is 15.6 Å². The van der Waals surface area contributed by atoms with E-state index in [4.69, 9.17) is 0 Å². The van der Waals surface area contributed by atoms with Crippen LogP contribution >= 0.6 is 0 Å². The first-order valence-electron chi connectivity index (χ1n) is 6.38. The molecular formula is C15H19NO2. The van der Waals surface area contributed by atoms with E-state index in [1.54, 1.807) is 6.20 Å². The Hall–Kier alpha value is -1.77. The van der Waals surface area contributed by atoms with E-state index in [0.717, 1.165) is 35.9 Å². The predicted octanol–water partition coefficient (Wildman–Crippen LogP) is 3.76. The fraction of sp³-hybridized carbons (Fsp3) is 0.400. The summed E-state index contributed by atoms with van der Waals surface area (Å²) in [5.41, 5.74) is 3.78. The normalized spacial score (nSPS) is 11.1. The monoisotopic (exact) mass is 245 g/mol. The predicted molar refractivity (Wildman–Crippen MR) is 73.3 cm³/mol. The van der Waals surface area contributed by atoms with E-state index in [1.165, 1.54) is 5.56 Å². The van der Waals surface area contributed by atoms with E-state index in [1.807, 2.05) is 13.0 Å². The Morgan fingerprint density at radius 2 is 1.94 bits per heavy atom. The van der Waals surface area contributed by atoms with E-state index in [9.17, 15) is 9.90 Å². The number of nitrogens with zero attached hydrogens (tertiary/aromatic N) is 1. The summed E-state index contributed by atoms with van der Waals surface area (Å²) in [5.74, 6) is -0.849. The molecule has 3 heteroatoms. The number of aromatic nitrogens is 1. The van der Waals surface area contributed by atoms with Crippen LogP contribution in [0.3, 0.4) is 0 Å². The number of aryl methyl sites for hydroxylation is 3. The van der Waals surface area contributed by atoms with Crippen molar-refractivity contribution in [2.75, 3.05) is 0 Å². The van der Waals surface area contributed by atoms with Gasteiger partial charge in [-0.3, -0.25) is 0 Å². The summed E-state index contributed by atoms with van der Waals surface area (Å²) >= 11 is 0. The zero-order valence-electron chi connectivity index (χ0n) is 11.2. The maximum absolute atomic E-state index is 11.3. The second-order valence-electron chi connectivity index (χ2n) is 4.85. The Balaban J connectivity index is 2.64. The van der Waals surface area contributed by atoms with Gasteiger partial charge in [0.15, 0.2) is 0 Å². The van der Waals surface area contributed by atoms with Crippen molar-refractivity contribution in [2.24, 2.45) is 0 Å². The second kappa shape index (κ2) is 4.84. The lowest BCUT2D eigenvalue weighted by molar-refractivity contribution is 0.0699. The smallest absolute Gasteiger partial charge is 0.337 e. The van der Waals surface area contributed by atoms with Gasteiger partial charge in [0.25, 0.3) is 0 Å². The van der Waals surface area contributed by atoms with Crippen molar-refractivity contribution < 1.29 is 9.90 Å². The molecule has 18 heavy (non-hydrogen) atoms. The van der Waals surface area contributed by atoms with Gasteiger partial charge >= 0.3 is 5.97 Å². The van der Waals surface area contributed by atoms with Crippen LogP contribution in [0.25, 0.3) is 10.9 Å². The van der Waals surface area contributed by atoms with Crippen molar-refractivity contribution in [3.8, 4) is 0 Å². The summed E-state index contributed by atoms with van der Waals surface area (Å²) in [5, 5.41) is 10.1. The number of benzene rings is 1. The number of fused-ring (bicyclic) bond motifs is 1. The lowest BCUT2D eigenvalue weighted by Crippen LogP contribution is -1.97. The van der Waals surface area contributed by atoms with Gasteiger partial charge in [-0.2, -0.15) is 0 Å². The minimum absolute atomic E-state index is 0.407. The third kappa shape index (κ3) is 2.13. The van der Waals surface area contributed by atoms with Crippen LogP contribution in [0, 0.1) is 13.8 Å². The zero-order chi connectivity index (χ0) is 13.3. The summed E-state index contributed by atoms with van der Waals surface area (Å²) in [4.78, 5) is 11.3. The third-order valence-electron chi connectivity index (χ3n) is 3.48. The van der Waals surface area contributed by atoms with E-state index in [0.29, 0.717) is 5.56 Å². The highest BCUT2D eigenvalue weighted by Crippen LogP contribution is 2.25. The summed E-state index contributed by atoms with van der Waals surface area (Å²) < 4.78 is 2.06. The molecule has 0 bridgehead atoms. The Kier molecular flexibility index (Phi) is 3.41. The number of hydrogen-bond acceptors (Lipinski definition) is 1. The first-order chi connectivity index (χ1) is 8.54. The average molecular weight is 245 g/mol. The molecule has 0 aliphatic heterocycles. The highest BCUT2D eigenvalue weighted by molar-refractivity contribution is 6.03. The molecule has 0 aliphatic rings. The maximum Gasteiger partial charge on any atom is 0.337 e. The van der Waals surface area contributed by atoms with E-state index < -0.39 is 5.97 Å². The second-order valence-corrected chi connectivity index (χ2v) is 4.85. The molecule has 0 aliphatic carbocycles. The summed E-state index contributed by atoms with van der Waals surface area (Å²) in [6.07, 6.45) is 3.93. The highest BCUT2D eigenvalue weighted by atomic mass is 16.4. The molecule has 0 radical (unpaired) electrons. The highest BCUT2D eigenvalue weighted by Gasteiger charge is 2.14. The summed E-state index contributed by atoms with van der Waals surface area (Å²) in [7, 11) is 0. The van der Waals surface area contributed by atoms with Gasteiger partial charge in [-0.15, -0.1) is 0 Å². The minimum Gasteiger partial charge on any atom is -0.478 e. The first kappa shape index (κ1) is 12.7. The van der Waals surface area contributed by atoms with Crippen molar-refractivity contribution in [3.05, 3.63) is 35.0 Å². The molecular weight excluding hydrogens is 226 g/mol. The molecule has 1 aromatic carbocycles. The van der Waals surface area contributed by atoms with Gasteiger partial charge in [0.1, 0.15) is 0 Å². The number of carbonyl (C=O) groups is 1. The van der Waals surface area contributed by atoms with Crippen molar-refractivity contribution in [1.82, 2.24) is 4.57 Å². The number of hydrogen-bond donors (Lipinski definition) is 1.